The SMILES string of the molecule is COc1ccccc1NC(C)c1ccccc1C(F)(F)F. The maximum Gasteiger partial charge on any atom is 0.416 e. The summed E-state index contributed by atoms with van der Waals surface area (Å²) in [5.41, 5.74) is 0.236. The van der Waals surface area contributed by atoms with Crippen molar-refractivity contribution in [1.29, 1.82) is 0 Å². The fraction of sp³-hybridized carbons (Fsp3) is 0.250. The van der Waals surface area contributed by atoms with E-state index in [-0.39, 0.29) is 5.56 Å². The van der Waals surface area contributed by atoms with E-state index < -0.39 is 17.8 Å². The number of benzene rings is 2. The van der Waals surface area contributed by atoms with E-state index >= 15 is 0 Å². The Morgan fingerprint density at radius 1 is 1.00 bits per heavy atom. The van der Waals surface area contributed by atoms with Crippen molar-refractivity contribution in [3.05, 3.63) is 59.7 Å². The lowest BCUT2D eigenvalue weighted by atomic mass is 10.0. The van der Waals surface area contributed by atoms with Gasteiger partial charge in [-0.1, -0.05) is 30.3 Å². The van der Waals surface area contributed by atoms with Crippen molar-refractivity contribution in [2.24, 2.45) is 0 Å². The minimum Gasteiger partial charge on any atom is -0.495 e. The number of alkyl halides is 3. The minimum absolute atomic E-state index is 0.205. The van der Waals surface area contributed by atoms with E-state index in [1.165, 1.54) is 19.2 Å². The third-order valence-corrected chi connectivity index (χ3v) is 3.21. The van der Waals surface area contributed by atoms with Crippen molar-refractivity contribution in [2.75, 3.05) is 12.4 Å². The topological polar surface area (TPSA) is 21.3 Å². The van der Waals surface area contributed by atoms with E-state index in [0.29, 0.717) is 11.4 Å². The molecule has 0 aromatic heterocycles. The lowest BCUT2D eigenvalue weighted by Gasteiger charge is -2.21. The lowest BCUT2D eigenvalue weighted by molar-refractivity contribution is -0.138. The van der Waals surface area contributed by atoms with E-state index in [4.69, 9.17) is 4.74 Å². The molecule has 112 valence electrons. The monoisotopic (exact) mass is 295 g/mol. The summed E-state index contributed by atoms with van der Waals surface area (Å²) in [6.45, 7) is 1.69. The van der Waals surface area contributed by atoms with Crippen LogP contribution in [0.25, 0.3) is 0 Å². The van der Waals surface area contributed by atoms with Crippen LogP contribution < -0.4 is 10.1 Å². The normalized spacial score (nSPS) is 12.8. The van der Waals surface area contributed by atoms with E-state index in [1.54, 1.807) is 37.3 Å². The van der Waals surface area contributed by atoms with Crippen LogP contribution in [0.15, 0.2) is 48.5 Å². The van der Waals surface area contributed by atoms with Crippen molar-refractivity contribution < 1.29 is 17.9 Å². The maximum atomic E-state index is 13.0. The summed E-state index contributed by atoms with van der Waals surface area (Å²) in [5.74, 6) is 0.592. The highest BCUT2D eigenvalue weighted by Crippen LogP contribution is 2.36. The van der Waals surface area contributed by atoms with E-state index in [9.17, 15) is 13.2 Å². The Morgan fingerprint density at radius 3 is 2.29 bits per heavy atom. The second kappa shape index (κ2) is 6.08. The first-order valence-corrected chi connectivity index (χ1v) is 6.49. The zero-order valence-electron chi connectivity index (χ0n) is 11.7. The van der Waals surface area contributed by atoms with Crippen molar-refractivity contribution in [1.82, 2.24) is 0 Å². The van der Waals surface area contributed by atoms with Gasteiger partial charge in [0.1, 0.15) is 5.75 Å². The maximum absolute atomic E-state index is 13.0. The molecule has 0 saturated carbocycles. The van der Waals surface area contributed by atoms with Crippen LogP contribution in [0.4, 0.5) is 18.9 Å². The summed E-state index contributed by atoms with van der Waals surface area (Å²) in [4.78, 5) is 0. The van der Waals surface area contributed by atoms with E-state index in [0.717, 1.165) is 6.07 Å². The molecule has 1 atom stereocenters. The predicted molar refractivity (Wildman–Crippen MR) is 76.5 cm³/mol. The average molecular weight is 295 g/mol. The van der Waals surface area contributed by atoms with Gasteiger partial charge in [0.2, 0.25) is 0 Å². The van der Waals surface area contributed by atoms with Gasteiger partial charge in [-0.3, -0.25) is 0 Å². The third kappa shape index (κ3) is 3.48. The van der Waals surface area contributed by atoms with Crippen LogP contribution in [-0.2, 0) is 6.18 Å². The number of halogens is 3. The molecule has 0 spiro atoms. The summed E-state index contributed by atoms with van der Waals surface area (Å²) < 4.78 is 44.3. The Labute approximate surface area is 121 Å². The Balaban J connectivity index is 2.31. The predicted octanol–water partition coefficient (Wildman–Crippen LogP) is 4.89. The second-order valence-corrected chi connectivity index (χ2v) is 4.65. The Hall–Kier alpha value is -2.17. The molecule has 0 aliphatic heterocycles. The Morgan fingerprint density at radius 2 is 1.62 bits per heavy atom. The fourth-order valence-corrected chi connectivity index (χ4v) is 2.21. The van der Waals surface area contributed by atoms with Gasteiger partial charge in [-0.15, -0.1) is 0 Å². The molecule has 0 bridgehead atoms. The van der Waals surface area contributed by atoms with E-state index in [1.807, 2.05) is 0 Å². The zero-order valence-corrected chi connectivity index (χ0v) is 11.7. The van der Waals surface area contributed by atoms with Crippen LogP contribution in [0, 0.1) is 0 Å². The molecule has 0 saturated heterocycles. The first-order valence-electron chi connectivity index (χ1n) is 6.49. The number of anilines is 1. The minimum atomic E-state index is -4.37. The number of hydrogen-bond donors (Lipinski definition) is 1. The first kappa shape index (κ1) is 15.2. The van der Waals surface area contributed by atoms with Gasteiger partial charge in [-0.25, -0.2) is 0 Å². The molecule has 2 rings (SSSR count). The molecule has 1 N–H and O–H groups in total. The van der Waals surface area contributed by atoms with Crippen molar-refractivity contribution in [3.63, 3.8) is 0 Å². The molecule has 1 unspecified atom stereocenters. The highest BCUT2D eigenvalue weighted by Gasteiger charge is 2.34. The molecule has 0 heterocycles. The van der Waals surface area contributed by atoms with Gasteiger partial charge in [0.25, 0.3) is 0 Å². The summed E-state index contributed by atoms with van der Waals surface area (Å²) in [7, 11) is 1.52. The molecule has 2 aromatic rings. The zero-order chi connectivity index (χ0) is 15.5. The van der Waals surface area contributed by atoms with Gasteiger partial charge in [0, 0.05) is 6.04 Å². The standard InChI is InChI=1S/C16H16F3NO/c1-11(20-14-9-5-6-10-15(14)21-2)12-7-3-4-8-13(12)16(17,18)19/h3-11,20H,1-2H3. The molecule has 2 nitrogen and oxygen atoms in total. The first-order chi connectivity index (χ1) is 9.93. The van der Waals surface area contributed by atoms with Gasteiger partial charge in [0.15, 0.2) is 0 Å². The highest BCUT2D eigenvalue weighted by atomic mass is 19.4. The van der Waals surface area contributed by atoms with Gasteiger partial charge in [0.05, 0.1) is 18.4 Å². The number of para-hydroxylation sites is 2. The highest BCUT2D eigenvalue weighted by molar-refractivity contribution is 5.57. The number of rotatable bonds is 4. The largest absolute Gasteiger partial charge is 0.495 e. The Kier molecular flexibility index (Phi) is 4.40. The molecule has 0 fully saturated rings. The van der Waals surface area contributed by atoms with Crippen LogP contribution in [0.5, 0.6) is 5.75 Å². The van der Waals surface area contributed by atoms with Crippen molar-refractivity contribution in [2.45, 2.75) is 19.1 Å². The molecule has 5 heteroatoms. The summed E-state index contributed by atoms with van der Waals surface area (Å²) in [5, 5.41) is 3.07. The molecule has 0 aliphatic carbocycles. The molecule has 0 radical (unpaired) electrons. The summed E-state index contributed by atoms with van der Waals surface area (Å²) in [6.07, 6.45) is -4.37. The summed E-state index contributed by atoms with van der Waals surface area (Å²) in [6, 6.07) is 12.2. The number of methoxy groups -OCH3 is 1. The van der Waals surface area contributed by atoms with Gasteiger partial charge >= 0.3 is 6.18 Å². The molecule has 0 amide bonds. The second-order valence-electron chi connectivity index (χ2n) is 4.65. The molecule has 0 aliphatic rings. The van der Waals surface area contributed by atoms with Crippen molar-refractivity contribution >= 4 is 5.69 Å². The molecule has 2 aromatic carbocycles. The average Bonchev–Trinajstić information content (AvgIpc) is 2.47. The Bertz CT molecular complexity index is 610. The quantitative estimate of drug-likeness (QED) is 0.867. The molecule has 21 heavy (non-hydrogen) atoms. The third-order valence-electron chi connectivity index (χ3n) is 3.21. The summed E-state index contributed by atoms with van der Waals surface area (Å²) >= 11 is 0. The number of hydrogen-bond acceptors (Lipinski definition) is 2. The van der Waals surface area contributed by atoms with Gasteiger partial charge in [-0.2, -0.15) is 13.2 Å². The van der Waals surface area contributed by atoms with Crippen LogP contribution in [-0.4, -0.2) is 7.11 Å². The van der Waals surface area contributed by atoms with Gasteiger partial charge in [-0.05, 0) is 30.7 Å². The van der Waals surface area contributed by atoms with E-state index in [2.05, 4.69) is 5.32 Å². The van der Waals surface area contributed by atoms with Crippen molar-refractivity contribution in [3.8, 4) is 5.75 Å². The van der Waals surface area contributed by atoms with Crippen LogP contribution in [0.1, 0.15) is 24.1 Å². The lowest BCUT2D eigenvalue weighted by Crippen LogP contribution is -2.15. The molecular formula is C16H16F3NO. The van der Waals surface area contributed by atoms with Crippen LogP contribution in [0.2, 0.25) is 0 Å². The van der Waals surface area contributed by atoms with Gasteiger partial charge < -0.3 is 10.1 Å². The molecular weight excluding hydrogens is 279 g/mol. The number of ether oxygens (including phenoxy) is 1. The fourth-order valence-electron chi connectivity index (χ4n) is 2.21. The smallest absolute Gasteiger partial charge is 0.416 e. The number of nitrogens with one attached hydrogen (secondary N) is 1. The van der Waals surface area contributed by atoms with Crippen LogP contribution in [0.3, 0.4) is 0 Å². The van der Waals surface area contributed by atoms with Crippen LogP contribution >= 0.6 is 0 Å².